The van der Waals surface area contributed by atoms with Gasteiger partial charge in [0.1, 0.15) is 0 Å². The Bertz CT molecular complexity index is 690. The molecule has 22 heavy (non-hydrogen) atoms. The number of hydrogen-bond acceptors (Lipinski definition) is 7. The molecule has 0 fully saturated rings. The fourth-order valence-electron chi connectivity index (χ4n) is 1.71. The minimum absolute atomic E-state index is 0.421. The van der Waals surface area contributed by atoms with Gasteiger partial charge in [0.25, 0.3) is 6.20 Å². The van der Waals surface area contributed by atoms with Gasteiger partial charge in [-0.1, -0.05) is 23.4 Å². The first-order chi connectivity index (χ1) is 10.6. The van der Waals surface area contributed by atoms with Gasteiger partial charge in [-0.15, -0.1) is 11.3 Å². The van der Waals surface area contributed by atoms with Crippen LogP contribution in [0.25, 0.3) is 10.2 Å². The molecule has 2 N–H and O–H groups in total. The lowest BCUT2D eigenvalue weighted by Crippen LogP contribution is -2.28. The molecule has 1 heterocycles. The number of nitro groups is 1. The number of benzene rings is 1. The van der Waals surface area contributed by atoms with Gasteiger partial charge >= 0.3 is 0 Å². The van der Waals surface area contributed by atoms with E-state index in [-0.39, 0.29) is 0 Å². The molecule has 2 rings (SSSR count). The summed E-state index contributed by atoms with van der Waals surface area (Å²) in [5.74, 6) is 1.18. The van der Waals surface area contributed by atoms with Crippen LogP contribution in [-0.4, -0.2) is 28.7 Å². The summed E-state index contributed by atoms with van der Waals surface area (Å²) in [6, 6.07) is 5.66. The van der Waals surface area contributed by atoms with E-state index in [1.807, 2.05) is 25.1 Å². The van der Waals surface area contributed by atoms with Crippen molar-refractivity contribution >= 4 is 44.9 Å². The minimum atomic E-state index is -0.477. The van der Waals surface area contributed by atoms with E-state index in [1.165, 1.54) is 0 Å². The van der Waals surface area contributed by atoms with Crippen LogP contribution in [0.5, 0.6) is 0 Å². The van der Waals surface area contributed by atoms with Gasteiger partial charge in [0, 0.05) is 23.9 Å². The molecule has 0 spiro atoms. The van der Waals surface area contributed by atoms with Crippen LogP contribution >= 0.6 is 34.7 Å². The highest BCUT2D eigenvalue weighted by molar-refractivity contribution is 8.01. The Hall–Kier alpha value is -1.51. The van der Waals surface area contributed by atoms with Gasteiger partial charge in [0.05, 0.1) is 15.1 Å². The standard InChI is InChI=1S/C13H15ClN4O2S2/c1-2-15-12(8-18(19)20)16-5-6-21-13-17-10-7-9(14)3-4-11(10)22-13/h3-4,7-8,15-16H,2,5-6H2,1H3. The molecule has 0 atom stereocenters. The zero-order valence-electron chi connectivity index (χ0n) is 11.8. The van der Waals surface area contributed by atoms with E-state index < -0.39 is 4.92 Å². The van der Waals surface area contributed by atoms with E-state index in [4.69, 9.17) is 11.6 Å². The molecule has 0 aliphatic carbocycles. The monoisotopic (exact) mass is 358 g/mol. The number of hydrogen-bond donors (Lipinski definition) is 2. The lowest BCUT2D eigenvalue weighted by atomic mass is 10.3. The fourth-order valence-corrected chi connectivity index (χ4v) is 3.86. The maximum absolute atomic E-state index is 10.5. The van der Waals surface area contributed by atoms with E-state index >= 15 is 0 Å². The third-order valence-electron chi connectivity index (χ3n) is 2.57. The van der Waals surface area contributed by atoms with Crippen LogP contribution in [0.3, 0.4) is 0 Å². The average Bonchev–Trinajstić information content (AvgIpc) is 2.85. The zero-order valence-corrected chi connectivity index (χ0v) is 14.2. The van der Waals surface area contributed by atoms with Gasteiger partial charge < -0.3 is 10.6 Å². The molecule has 0 amide bonds. The maximum atomic E-state index is 10.5. The van der Waals surface area contributed by atoms with Gasteiger partial charge in [0.2, 0.25) is 0 Å². The van der Waals surface area contributed by atoms with Crippen molar-refractivity contribution in [1.82, 2.24) is 15.6 Å². The van der Waals surface area contributed by atoms with Crippen LogP contribution in [0, 0.1) is 10.1 Å². The molecule has 0 bridgehead atoms. The van der Waals surface area contributed by atoms with Crippen LogP contribution in [-0.2, 0) is 0 Å². The lowest BCUT2D eigenvalue weighted by molar-refractivity contribution is -0.404. The van der Waals surface area contributed by atoms with Crippen LogP contribution in [0.4, 0.5) is 0 Å². The van der Waals surface area contributed by atoms with Gasteiger partial charge in [-0.05, 0) is 25.1 Å². The Morgan fingerprint density at radius 1 is 1.55 bits per heavy atom. The summed E-state index contributed by atoms with van der Waals surface area (Å²) >= 11 is 9.16. The Balaban J connectivity index is 1.85. The molecule has 2 aromatic rings. The Labute approximate surface area is 141 Å². The number of halogens is 1. The van der Waals surface area contributed by atoms with Crippen LogP contribution in [0.2, 0.25) is 5.02 Å². The minimum Gasteiger partial charge on any atom is -0.367 e. The molecule has 118 valence electrons. The second kappa shape index (κ2) is 8.21. The molecule has 0 radical (unpaired) electrons. The smallest absolute Gasteiger partial charge is 0.274 e. The van der Waals surface area contributed by atoms with Crippen LogP contribution < -0.4 is 10.6 Å². The van der Waals surface area contributed by atoms with Crippen molar-refractivity contribution in [3.63, 3.8) is 0 Å². The normalized spacial score (nSPS) is 11.6. The third-order valence-corrected chi connectivity index (χ3v) is 4.99. The predicted octanol–water partition coefficient (Wildman–Crippen LogP) is 3.32. The van der Waals surface area contributed by atoms with Crippen molar-refractivity contribution in [3.05, 3.63) is 45.4 Å². The molecule has 9 heteroatoms. The first-order valence-electron chi connectivity index (χ1n) is 6.60. The predicted molar refractivity (Wildman–Crippen MR) is 92.1 cm³/mol. The first kappa shape index (κ1) is 16.9. The molecule has 1 aromatic heterocycles. The molecule has 1 aromatic carbocycles. The highest BCUT2D eigenvalue weighted by Crippen LogP contribution is 2.30. The number of thiazole rings is 1. The van der Waals surface area contributed by atoms with Crippen molar-refractivity contribution in [2.24, 2.45) is 0 Å². The molecule has 0 saturated heterocycles. The molecule has 0 saturated carbocycles. The van der Waals surface area contributed by atoms with Gasteiger partial charge in [-0.25, -0.2) is 4.98 Å². The quantitative estimate of drug-likeness (QED) is 0.326. The van der Waals surface area contributed by atoms with Crippen molar-refractivity contribution in [2.45, 2.75) is 11.3 Å². The number of rotatable bonds is 8. The van der Waals surface area contributed by atoms with Gasteiger partial charge in [-0.3, -0.25) is 10.1 Å². The number of thioether (sulfide) groups is 1. The van der Waals surface area contributed by atoms with Crippen LogP contribution in [0.1, 0.15) is 6.92 Å². The molecular formula is C13H15ClN4O2S2. The van der Waals surface area contributed by atoms with Gasteiger partial charge in [-0.2, -0.15) is 0 Å². The van der Waals surface area contributed by atoms with E-state index in [9.17, 15) is 10.1 Å². The Kier molecular flexibility index (Phi) is 6.29. The molecule has 0 aliphatic rings. The van der Waals surface area contributed by atoms with E-state index in [0.717, 1.165) is 26.5 Å². The second-order valence-corrected chi connectivity index (χ2v) is 7.03. The highest BCUT2D eigenvalue weighted by atomic mass is 35.5. The molecule has 0 aliphatic heterocycles. The Morgan fingerprint density at radius 2 is 2.36 bits per heavy atom. The molecule has 6 nitrogen and oxygen atoms in total. The first-order valence-corrected chi connectivity index (χ1v) is 8.78. The van der Waals surface area contributed by atoms with Crippen LogP contribution in [0.15, 0.2) is 34.6 Å². The summed E-state index contributed by atoms with van der Waals surface area (Å²) in [6.45, 7) is 3.11. The number of aromatic nitrogens is 1. The summed E-state index contributed by atoms with van der Waals surface area (Å²) in [4.78, 5) is 14.5. The summed E-state index contributed by atoms with van der Waals surface area (Å²) in [5.41, 5.74) is 0.898. The average molecular weight is 359 g/mol. The number of nitrogens with zero attached hydrogens (tertiary/aromatic N) is 2. The topological polar surface area (TPSA) is 80.1 Å². The molecular weight excluding hydrogens is 344 g/mol. The van der Waals surface area contributed by atoms with E-state index in [1.54, 1.807) is 23.1 Å². The third kappa shape index (κ3) is 5.04. The largest absolute Gasteiger partial charge is 0.367 e. The van der Waals surface area contributed by atoms with Crippen molar-refractivity contribution < 1.29 is 4.92 Å². The molecule has 0 unspecified atom stereocenters. The summed E-state index contributed by atoms with van der Waals surface area (Å²) < 4.78 is 2.06. The van der Waals surface area contributed by atoms with E-state index in [0.29, 0.717) is 23.9 Å². The summed E-state index contributed by atoms with van der Waals surface area (Å²) in [7, 11) is 0. The van der Waals surface area contributed by atoms with E-state index in [2.05, 4.69) is 15.6 Å². The zero-order chi connectivity index (χ0) is 15.9. The number of fused-ring (bicyclic) bond motifs is 1. The summed E-state index contributed by atoms with van der Waals surface area (Å²) in [5, 5.41) is 17.1. The SMILES string of the molecule is CCNC(=C[N+](=O)[O-])NCCSc1nc2cc(Cl)ccc2s1. The highest BCUT2D eigenvalue weighted by Gasteiger charge is 2.05. The number of nitrogens with one attached hydrogen (secondary N) is 2. The second-order valence-electron chi connectivity index (χ2n) is 4.23. The Morgan fingerprint density at radius 3 is 3.09 bits per heavy atom. The van der Waals surface area contributed by atoms with Crippen molar-refractivity contribution in [1.29, 1.82) is 0 Å². The fraction of sp³-hybridized carbons (Fsp3) is 0.308. The van der Waals surface area contributed by atoms with Gasteiger partial charge in [0.15, 0.2) is 10.2 Å². The lowest BCUT2D eigenvalue weighted by Gasteiger charge is -2.08. The summed E-state index contributed by atoms with van der Waals surface area (Å²) in [6.07, 6.45) is 0.938. The van der Waals surface area contributed by atoms with Crippen molar-refractivity contribution in [2.75, 3.05) is 18.8 Å². The van der Waals surface area contributed by atoms with Crippen molar-refractivity contribution in [3.8, 4) is 0 Å². The maximum Gasteiger partial charge on any atom is 0.274 e.